The summed E-state index contributed by atoms with van der Waals surface area (Å²) in [5.41, 5.74) is 6.14. The van der Waals surface area contributed by atoms with Gasteiger partial charge in [-0.25, -0.2) is 18.4 Å². The molecule has 0 fully saturated rings. The first-order chi connectivity index (χ1) is 19.3. The van der Waals surface area contributed by atoms with Crippen LogP contribution < -0.4 is 4.90 Å². The fourth-order valence-corrected chi connectivity index (χ4v) is 6.87. The zero-order valence-corrected chi connectivity index (χ0v) is 23.5. The molecule has 0 saturated carbocycles. The molecule has 1 atom stereocenters. The predicted octanol–water partition coefficient (Wildman–Crippen LogP) is 3.94. The molecule has 0 bridgehead atoms. The number of benzene rings is 2. The normalized spacial score (nSPS) is 15.5. The Hall–Kier alpha value is -4.22. The summed E-state index contributed by atoms with van der Waals surface area (Å²) >= 11 is 0. The minimum absolute atomic E-state index is 0.0196. The maximum absolute atomic E-state index is 14.1. The van der Waals surface area contributed by atoms with Gasteiger partial charge in [-0.3, -0.25) is 0 Å². The van der Waals surface area contributed by atoms with Gasteiger partial charge in [-0.1, -0.05) is 41.6 Å². The van der Waals surface area contributed by atoms with Crippen molar-refractivity contribution in [2.45, 2.75) is 37.5 Å². The SMILES string of the molecule is Cc1oncc1CN(C1Cc2cc(-c3ccccc3)ccc2N(Cc2cncn2C)C1)S(=O)(=O)c1cn(C)cn1. The lowest BCUT2D eigenvalue weighted by atomic mass is 9.93. The van der Waals surface area contributed by atoms with Crippen molar-refractivity contribution < 1.29 is 12.9 Å². The van der Waals surface area contributed by atoms with Gasteiger partial charge in [0, 0.05) is 56.9 Å². The van der Waals surface area contributed by atoms with Crippen LogP contribution in [0.25, 0.3) is 11.1 Å². The van der Waals surface area contributed by atoms with Crippen LogP contribution >= 0.6 is 0 Å². The lowest BCUT2D eigenvalue weighted by molar-refractivity contribution is 0.299. The molecule has 0 aliphatic carbocycles. The van der Waals surface area contributed by atoms with Crippen LogP contribution in [0.3, 0.4) is 0 Å². The van der Waals surface area contributed by atoms with Gasteiger partial charge >= 0.3 is 0 Å². The molecule has 206 valence electrons. The Balaban J connectivity index is 1.44. The van der Waals surface area contributed by atoms with E-state index in [1.54, 1.807) is 41.6 Å². The Kier molecular flexibility index (Phi) is 6.77. The molecule has 5 aromatic rings. The molecule has 4 heterocycles. The summed E-state index contributed by atoms with van der Waals surface area (Å²) in [6.45, 7) is 3.02. The lowest BCUT2D eigenvalue weighted by Gasteiger charge is -2.40. The van der Waals surface area contributed by atoms with Crippen LogP contribution in [0.2, 0.25) is 0 Å². The minimum Gasteiger partial charge on any atom is -0.364 e. The van der Waals surface area contributed by atoms with Crippen LogP contribution in [-0.2, 0) is 43.6 Å². The maximum atomic E-state index is 14.1. The number of rotatable bonds is 8. The highest BCUT2D eigenvalue weighted by molar-refractivity contribution is 7.89. The maximum Gasteiger partial charge on any atom is 0.262 e. The van der Waals surface area contributed by atoms with E-state index in [9.17, 15) is 8.42 Å². The molecule has 0 saturated heterocycles. The van der Waals surface area contributed by atoms with Crippen molar-refractivity contribution in [3.05, 3.63) is 102 Å². The Labute approximate surface area is 233 Å². The topological polar surface area (TPSA) is 102 Å². The summed E-state index contributed by atoms with van der Waals surface area (Å²) in [6, 6.07) is 16.3. The number of hydrogen-bond acceptors (Lipinski definition) is 7. The summed E-state index contributed by atoms with van der Waals surface area (Å²) in [6.07, 6.45) is 8.82. The number of imidazole rings is 2. The van der Waals surface area contributed by atoms with E-state index in [-0.39, 0.29) is 17.6 Å². The Morgan fingerprint density at radius 2 is 1.88 bits per heavy atom. The summed E-state index contributed by atoms with van der Waals surface area (Å²) in [4.78, 5) is 10.8. The Bertz CT molecular complexity index is 1740. The summed E-state index contributed by atoms with van der Waals surface area (Å²) in [5, 5.41) is 3.92. The summed E-state index contributed by atoms with van der Waals surface area (Å²) < 4.78 is 38.7. The van der Waals surface area contributed by atoms with Crippen LogP contribution in [0.15, 0.2) is 89.3 Å². The van der Waals surface area contributed by atoms with Gasteiger partial charge < -0.3 is 18.6 Å². The predicted molar refractivity (Wildman–Crippen MR) is 151 cm³/mol. The van der Waals surface area contributed by atoms with Gasteiger partial charge in [0.15, 0.2) is 5.03 Å². The van der Waals surface area contributed by atoms with Gasteiger partial charge in [-0.15, -0.1) is 0 Å². The van der Waals surface area contributed by atoms with E-state index >= 15 is 0 Å². The molecular weight excluding hydrogens is 526 g/mol. The van der Waals surface area contributed by atoms with Crippen molar-refractivity contribution in [2.75, 3.05) is 11.4 Å². The zero-order valence-electron chi connectivity index (χ0n) is 22.7. The number of sulfonamides is 1. The highest BCUT2D eigenvalue weighted by Crippen LogP contribution is 2.36. The van der Waals surface area contributed by atoms with Gasteiger partial charge in [-0.05, 0) is 42.2 Å². The van der Waals surface area contributed by atoms with Crippen LogP contribution in [-0.4, -0.2) is 49.6 Å². The number of aryl methyl sites for hydroxylation is 3. The quantitative estimate of drug-likeness (QED) is 0.285. The fourth-order valence-electron chi connectivity index (χ4n) is 5.31. The summed E-state index contributed by atoms with van der Waals surface area (Å²) in [7, 11) is -0.213. The fraction of sp³-hybridized carbons (Fsp3) is 0.276. The standard InChI is InChI=1S/C29H31N7O3S/c1-21-25(13-32-39-21)15-36(40(37,38)29-18-33(2)20-31-29)26-12-24-11-23(22-7-5-4-6-8-22)9-10-28(24)35(16-26)17-27-14-30-19-34(27)3/h4-11,13-14,18-20,26H,12,15-17H2,1-3H3. The molecule has 10 nitrogen and oxygen atoms in total. The van der Waals surface area contributed by atoms with Crippen molar-refractivity contribution in [2.24, 2.45) is 14.1 Å². The van der Waals surface area contributed by atoms with E-state index in [4.69, 9.17) is 4.52 Å². The van der Waals surface area contributed by atoms with E-state index in [1.165, 1.54) is 6.33 Å². The van der Waals surface area contributed by atoms with Crippen molar-refractivity contribution >= 4 is 15.7 Å². The molecule has 0 amide bonds. The van der Waals surface area contributed by atoms with E-state index in [0.29, 0.717) is 25.3 Å². The van der Waals surface area contributed by atoms with Crippen molar-refractivity contribution in [3.8, 4) is 11.1 Å². The molecule has 3 aromatic heterocycles. The molecule has 1 unspecified atom stereocenters. The third kappa shape index (κ3) is 4.93. The highest BCUT2D eigenvalue weighted by Gasteiger charge is 2.38. The first-order valence-electron chi connectivity index (χ1n) is 13.1. The second-order valence-corrected chi connectivity index (χ2v) is 12.1. The van der Waals surface area contributed by atoms with Gasteiger partial charge in [0.2, 0.25) is 0 Å². The van der Waals surface area contributed by atoms with Gasteiger partial charge in [0.1, 0.15) is 5.76 Å². The van der Waals surface area contributed by atoms with E-state index in [1.807, 2.05) is 36.0 Å². The minimum atomic E-state index is -3.94. The monoisotopic (exact) mass is 557 g/mol. The van der Waals surface area contributed by atoms with Gasteiger partial charge in [0.05, 0.1) is 31.1 Å². The number of anilines is 1. The second-order valence-electron chi connectivity index (χ2n) is 10.3. The third-order valence-corrected chi connectivity index (χ3v) is 9.31. The molecule has 1 aliphatic rings. The second kappa shape index (κ2) is 10.4. The van der Waals surface area contributed by atoms with E-state index in [2.05, 4.69) is 50.4 Å². The van der Waals surface area contributed by atoms with Crippen molar-refractivity contribution in [1.82, 2.24) is 28.6 Å². The van der Waals surface area contributed by atoms with Crippen LogP contribution in [0.4, 0.5) is 5.69 Å². The van der Waals surface area contributed by atoms with Crippen molar-refractivity contribution in [3.63, 3.8) is 0 Å². The number of aromatic nitrogens is 5. The highest BCUT2D eigenvalue weighted by atomic mass is 32.2. The summed E-state index contributed by atoms with van der Waals surface area (Å²) in [5.74, 6) is 0.593. The van der Waals surface area contributed by atoms with Crippen LogP contribution in [0, 0.1) is 6.92 Å². The van der Waals surface area contributed by atoms with Crippen molar-refractivity contribution in [1.29, 1.82) is 0 Å². The molecule has 40 heavy (non-hydrogen) atoms. The third-order valence-electron chi connectivity index (χ3n) is 7.52. The number of nitrogens with zero attached hydrogens (tertiary/aromatic N) is 7. The molecule has 0 radical (unpaired) electrons. The van der Waals surface area contributed by atoms with Crippen LogP contribution in [0.5, 0.6) is 0 Å². The largest absolute Gasteiger partial charge is 0.364 e. The average molecular weight is 558 g/mol. The van der Waals surface area contributed by atoms with Gasteiger partial charge in [0.25, 0.3) is 10.0 Å². The molecule has 11 heteroatoms. The molecule has 0 N–H and O–H groups in total. The molecule has 2 aromatic carbocycles. The Morgan fingerprint density at radius 3 is 2.55 bits per heavy atom. The molecule has 0 spiro atoms. The van der Waals surface area contributed by atoms with E-state index < -0.39 is 10.0 Å². The molecule has 6 rings (SSSR count). The van der Waals surface area contributed by atoms with Crippen LogP contribution in [0.1, 0.15) is 22.6 Å². The number of fused-ring (bicyclic) bond motifs is 1. The first kappa shape index (κ1) is 26.0. The smallest absolute Gasteiger partial charge is 0.262 e. The Morgan fingerprint density at radius 1 is 1.05 bits per heavy atom. The van der Waals surface area contributed by atoms with E-state index in [0.717, 1.165) is 33.6 Å². The molecule has 1 aliphatic heterocycles. The average Bonchev–Trinajstić information content (AvgIpc) is 3.69. The van der Waals surface area contributed by atoms with Gasteiger partial charge in [-0.2, -0.15) is 4.31 Å². The first-order valence-corrected chi connectivity index (χ1v) is 14.5. The zero-order chi connectivity index (χ0) is 27.9. The lowest BCUT2D eigenvalue weighted by Crippen LogP contribution is -2.50. The molecular formula is C29H31N7O3S. The number of hydrogen-bond donors (Lipinski definition) is 0.